The Bertz CT molecular complexity index is 530. The van der Waals surface area contributed by atoms with Gasteiger partial charge in [0.15, 0.2) is 0 Å². The highest BCUT2D eigenvalue weighted by atomic mass is 28.4. The Labute approximate surface area is 110 Å². The molecule has 0 fully saturated rings. The highest BCUT2D eigenvalue weighted by Gasteiger charge is 2.39. The van der Waals surface area contributed by atoms with E-state index in [9.17, 15) is 0 Å². The molecule has 3 nitrogen and oxygen atoms in total. The summed E-state index contributed by atoms with van der Waals surface area (Å²) in [5.41, 5.74) is 0.758. The van der Waals surface area contributed by atoms with Crippen LogP contribution in [0.25, 0.3) is 0 Å². The van der Waals surface area contributed by atoms with Crippen LogP contribution in [0.5, 0.6) is 5.75 Å². The molecule has 0 aliphatic rings. The normalized spacial score (nSPS) is 11.5. The summed E-state index contributed by atoms with van der Waals surface area (Å²) in [6, 6.07) is 9.08. The fraction of sp³-hybridized carbons (Fsp3) is 0.429. The van der Waals surface area contributed by atoms with Crippen LogP contribution in [0.3, 0.4) is 0 Å². The Balaban J connectivity index is 3.09. The SMILES string of the molecule is CC(C)(C)[Si](C)(C)Oc1ccc(C#N)c(C#N)c1. The van der Waals surface area contributed by atoms with E-state index in [2.05, 4.69) is 33.9 Å². The fourth-order valence-corrected chi connectivity index (χ4v) is 2.25. The van der Waals surface area contributed by atoms with Crippen LogP contribution in [0.2, 0.25) is 18.1 Å². The van der Waals surface area contributed by atoms with E-state index in [1.807, 2.05) is 12.1 Å². The first-order chi connectivity index (χ1) is 8.21. The first-order valence-electron chi connectivity index (χ1n) is 5.84. The molecule has 1 aromatic carbocycles. The summed E-state index contributed by atoms with van der Waals surface area (Å²) in [6.45, 7) is 10.8. The molecule has 0 unspecified atom stereocenters. The maximum Gasteiger partial charge on any atom is 0.250 e. The number of nitriles is 2. The Morgan fingerprint density at radius 1 is 1.06 bits per heavy atom. The molecule has 0 heterocycles. The molecule has 0 amide bonds. The molecule has 0 radical (unpaired) electrons. The third kappa shape index (κ3) is 2.91. The summed E-state index contributed by atoms with van der Waals surface area (Å²) in [7, 11) is -1.90. The molecule has 0 N–H and O–H groups in total. The van der Waals surface area contributed by atoms with Gasteiger partial charge in [-0.25, -0.2) is 0 Å². The smallest absolute Gasteiger partial charge is 0.250 e. The standard InChI is InChI=1S/C14H18N2OSi/c1-14(2,3)18(4,5)17-13-7-6-11(9-15)12(8-13)10-16/h6-8H,1-5H3. The van der Waals surface area contributed by atoms with Crippen LogP contribution in [-0.4, -0.2) is 8.32 Å². The molecule has 1 aromatic rings. The average Bonchev–Trinajstić information content (AvgIpc) is 2.26. The Morgan fingerprint density at radius 2 is 1.61 bits per heavy atom. The molecule has 0 atom stereocenters. The first kappa shape index (κ1) is 14.3. The van der Waals surface area contributed by atoms with Crippen molar-refractivity contribution in [1.29, 1.82) is 10.5 Å². The quantitative estimate of drug-likeness (QED) is 0.758. The second kappa shape index (κ2) is 4.84. The summed E-state index contributed by atoms with van der Waals surface area (Å²) < 4.78 is 6.09. The van der Waals surface area contributed by atoms with Crippen molar-refractivity contribution < 1.29 is 4.43 Å². The number of rotatable bonds is 2. The van der Waals surface area contributed by atoms with E-state index in [1.165, 1.54) is 0 Å². The summed E-state index contributed by atoms with van der Waals surface area (Å²) in [4.78, 5) is 0. The van der Waals surface area contributed by atoms with Crippen LogP contribution in [0.15, 0.2) is 18.2 Å². The van der Waals surface area contributed by atoms with Crippen molar-refractivity contribution in [2.24, 2.45) is 0 Å². The maximum atomic E-state index is 8.99. The Kier molecular flexibility index (Phi) is 3.84. The van der Waals surface area contributed by atoms with Crippen molar-refractivity contribution in [3.05, 3.63) is 29.3 Å². The van der Waals surface area contributed by atoms with Gasteiger partial charge in [0, 0.05) is 0 Å². The van der Waals surface area contributed by atoms with Gasteiger partial charge in [0.25, 0.3) is 0 Å². The predicted molar refractivity (Wildman–Crippen MR) is 73.7 cm³/mol. The van der Waals surface area contributed by atoms with Crippen molar-refractivity contribution in [3.8, 4) is 17.9 Å². The zero-order chi connectivity index (χ0) is 14.0. The van der Waals surface area contributed by atoms with Gasteiger partial charge in [-0.1, -0.05) is 20.8 Å². The van der Waals surface area contributed by atoms with E-state index >= 15 is 0 Å². The minimum absolute atomic E-state index is 0.105. The minimum atomic E-state index is -1.90. The third-order valence-corrected chi connectivity index (χ3v) is 7.77. The molecule has 0 spiro atoms. The van der Waals surface area contributed by atoms with Crippen molar-refractivity contribution in [3.63, 3.8) is 0 Å². The van der Waals surface area contributed by atoms with Crippen LogP contribution in [-0.2, 0) is 0 Å². The average molecular weight is 258 g/mol. The lowest BCUT2D eigenvalue weighted by Gasteiger charge is -2.36. The van der Waals surface area contributed by atoms with E-state index in [4.69, 9.17) is 14.9 Å². The van der Waals surface area contributed by atoms with Crippen LogP contribution >= 0.6 is 0 Å². The van der Waals surface area contributed by atoms with Gasteiger partial charge in [0.05, 0.1) is 11.1 Å². The van der Waals surface area contributed by atoms with Gasteiger partial charge in [-0.15, -0.1) is 0 Å². The minimum Gasteiger partial charge on any atom is -0.543 e. The van der Waals surface area contributed by atoms with Gasteiger partial charge in [0.1, 0.15) is 17.9 Å². The van der Waals surface area contributed by atoms with Crippen molar-refractivity contribution in [2.45, 2.75) is 38.9 Å². The number of hydrogen-bond donors (Lipinski definition) is 0. The molecule has 18 heavy (non-hydrogen) atoms. The van der Waals surface area contributed by atoms with Gasteiger partial charge < -0.3 is 4.43 Å². The van der Waals surface area contributed by atoms with E-state index in [0.717, 1.165) is 0 Å². The van der Waals surface area contributed by atoms with Gasteiger partial charge >= 0.3 is 0 Å². The largest absolute Gasteiger partial charge is 0.543 e. The third-order valence-electron chi connectivity index (χ3n) is 3.41. The molecule has 0 bridgehead atoms. The summed E-state index contributed by atoms with van der Waals surface area (Å²) in [6.07, 6.45) is 0. The number of benzene rings is 1. The topological polar surface area (TPSA) is 56.8 Å². The molecule has 1 rings (SSSR count). The van der Waals surface area contributed by atoms with E-state index < -0.39 is 8.32 Å². The van der Waals surface area contributed by atoms with Crippen molar-refractivity contribution in [1.82, 2.24) is 0 Å². The predicted octanol–water partition coefficient (Wildman–Crippen LogP) is 3.81. The van der Waals surface area contributed by atoms with E-state index in [0.29, 0.717) is 16.9 Å². The van der Waals surface area contributed by atoms with Gasteiger partial charge in [-0.3, -0.25) is 0 Å². The molecule has 0 saturated heterocycles. The van der Waals surface area contributed by atoms with Gasteiger partial charge in [-0.2, -0.15) is 10.5 Å². The number of hydrogen-bond acceptors (Lipinski definition) is 3. The van der Waals surface area contributed by atoms with Crippen LogP contribution < -0.4 is 4.43 Å². The van der Waals surface area contributed by atoms with E-state index in [1.54, 1.807) is 18.2 Å². The lowest BCUT2D eigenvalue weighted by molar-refractivity contribution is 0.492. The zero-order valence-corrected chi connectivity index (χ0v) is 12.5. The second-order valence-corrected chi connectivity index (χ2v) is 10.5. The summed E-state index contributed by atoms with van der Waals surface area (Å²) in [5, 5.41) is 18.0. The van der Waals surface area contributed by atoms with Crippen LogP contribution in [0.1, 0.15) is 31.9 Å². The monoisotopic (exact) mass is 258 g/mol. The second-order valence-electron chi connectivity index (χ2n) is 5.79. The number of nitrogens with zero attached hydrogens (tertiary/aromatic N) is 2. The molecule has 0 aliphatic carbocycles. The Hall–Kier alpha value is -1.78. The summed E-state index contributed by atoms with van der Waals surface area (Å²) in [5.74, 6) is 0.678. The first-order valence-corrected chi connectivity index (χ1v) is 8.75. The van der Waals surface area contributed by atoms with Crippen LogP contribution in [0, 0.1) is 22.7 Å². The molecule has 4 heteroatoms. The zero-order valence-electron chi connectivity index (χ0n) is 11.5. The van der Waals surface area contributed by atoms with E-state index in [-0.39, 0.29) is 5.04 Å². The molecular formula is C14H18N2OSi. The lowest BCUT2D eigenvalue weighted by Crippen LogP contribution is -2.43. The molecule has 0 aliphatic heterocycles. The molecular weight excluding hydrogens is 240 g/mol. The highest BCUT2D eigenvalue weighted by Crippen LogP contribution is 2.37. The molecule has 94 valence electrons. The Morgan fingerprint density at radius 3 is 2.06 bits per heavy atom. The summed E-state index contributed by atoms with van der Waals surface area (Å²) >= 11 is 0. The van der Waals surface area contributed by atoms with Crippen molar-refractivity contribution >= 4 is 8.32 Å². The van der Waals surface area contributed by atoms with Crippen molar-refractivity contribution in [2.75, 3.05) is 0 Å². The maximum absolute atomic E-state index is 8.99. The fourth-order valence-electron chi connectivity index (χ4n) is 1.22. The molecule has 0 aromatic heterocycles. The van der Waals surface area contributed by atoms with Gasteiger partial charge in [-0.05, 0) is 36.3 Å². The lowest BCUT2D eigenvalue weighted by atomic mass is 10.1. The molecule has 0 saturated carbocycles. The highest BCUT2D eigenvalue weighted by molar-refractivity contribution is 6.74. The van der Waals surface area contributed by atoms with Gasteiger partial charge in [0.2, 0.25) is 8.32 Å². The van der Waals surface area contributed by atoms with Crippen LogP contribution in [0.4, 0.5) is 0 Å².